The second kappa shape index (κ2) is 5.85. The van der Waals surface area contributed by atoms with Crippen molar-refractivity contribution < 1.29 is 9.53 Å². The molecule has 0 fully saturated rings. The van der Waals surface area contributed by atoms with E-state index in [-0.39, 0.29) is 0 Å². The van der Waals surface area contributed by atoms with Crippen molar-refractivity contribution >= 4 is 16.7 Å². The lowest BCUT2D eigenvalue weighted by atomic mass is 10.0. The van der Waals surface area contributed by atoms with Gasteiger partial charge in [-0.25, -0.2) is 4.98 Å². The highest BCUT2D eigenvalue weighted by Crippen LogP contribution is 2.31. The average molecular weight is 292 g/mol. The van der Waals surface area contributed by atoms with Gasteiger partial charge in [0.25, 0.3) is 0 Å². The highest BCUT2D eigenvalue weighted by atomic mass is 16.5. The van der Waals surface area contributed by atoms with E-state index in [0.29, 0.717) is 11.4 Å². The molecule has 3 rings (SSSR count). The summed E-state index contributed by atoms with van der Waals surface area (Å²) >= 11 is 0. The van der Waals surface area contributed by atoms with Crippen molar-refractivity contribution in [1.82, 2.24) is 4.98 Å². The number of primary amides is 1. The highest BCUT2D eigenvalue weighted by Gasteiger charge is 2.07. The van der Waals surface area contributed by atoms with E-state index in [2.05, 4.69) is 24.0 Å². The normalized spacial score (nSPS) is 10.6. The van der Waals surface area contributed by atoms with Gasteiger partial charge in [0.1, 0.15) is 5.75 Å². The summed E-state index contributed by atoms with van der Waals surface area (Å²) in [6, 6.07) is 15.4. The molecule has 1 amide bonds. The third-order valence-corrected chi connectivity index (χ3v) is 3.59. The number of hydrogen-bond donors (Lipinski definition) is 1. The maximum absolute atomic E-state index is 11.1. The van der Waals surface area contributed by atoms with E-state index in [1.54, 1.807) is 12.1 Å². The van der Waals surface area contributed by atoms with Gasteiger partial charge in [-0.15, -0.1) is 0 Å². The van der Waals surface area contributed by atoms with Crippen molar-refractivity contribution in [2.45, 2.75) is 13.3 Å². The average Bonchev–Trinajstić information content (AvgIpc) is 2.55. The number of aromatic nitrogens is 1. The van der Waals surface area contributed by atoms with Crippen LogP contribution in [0.4, 0.5) is 0 Å². The summed E-state index contributed by atoms with van der Waals surface area (Å²) in [5, 5.41) is 2.22. The Morgan fingerprint density at radius 2 is 1.86 bits per heavy atom. The Hall–Kier alpha value is -2.88. The number of rotatable bonds is 4. The lowest BCUT2D eigenvalue weighted by Crippen LogP contribution is -2.10. The van der Waals surface area contributed by atoms with Gasteiger partial charge in [0.05, 0.1) is 5.56 Å². The zero-order chi connectivity index (χ0) is 15.5. The Balaban J connectivity index is 1.98. The number of carbonyl (C=O) groups excluding carboxylic acids is 1. The quantitative estimate of drug-likeness (QED) is 0.797. The maximum Gasteiger partial charge on any atom is 0.250 e. The molecule has 0 radical (unpaired) electrons. The lowest BCUT2D eigenvalue weighted by molar-refractivity contribution is 0.1000. The predicted octanol–water partition coefficient (Wildman–Crippen LogP) is 3.69. The molecular weight excluding hydrogens is 276 g/mol. The first kappa shape index (κ1) is 14.1. The zero-order valence-corrected chi connectivity index (χ0v) is 12.2. The molecule has 0 aliphatic heterocycles. The third kappa shape index (κ3) is 2.63. The Labute approximate surface area is 128 Å². The van der Waals surface area contributed by atoms with Crippen LogP contribution in [0.15, 0.2) is 54.7 Å². The van der Waals surface area contributed by atoms with Crippen LogP contribution in [0.2, 0.25) is 0 Å². The van der Waals surface area contributed by atoms with Crippen molar-refractivity contribution in [3.63, 3.8) is 0 Å². The van der Waals surface area contributed by atoms with Gasteiger partial charge in [-0.05, 0) is 29.5 Å². The minimum absolute atomic E-state index is 0.360. The smallest absolute Gasteiger partial charge is 0.250 e. The zero-order valence-electron chi connectivity index (χ0n) is 12.2. The largest absolute Gasteiger partial charge is 0.438 e. The fourth-order valence-corrected chi connectivity index (χ4v) is 2.44. The molecule has 4 heteroatoms. The number of ether oxygens (including phenoxy) is 1. The molecule has 1 aromatic heterocycles. The van der Waals surface area contributed by atoms with Crippen molar-refractivity contribution in [2.75, 3.05) is 0 Å². The molecular formula is C18H16N2O2. The van der Waals surface area contributed by atoms with Crippen LogP contribution < -0.4 is 10.5 Å². The SMILES string of the molecule is CCc1cccc2c(Oc3ccc(C(N)=O)cn3)cccc12. The summed E-state index contributed by atoms with van der Waals surface area (Å²) in [7, 11) is 0. The molecule has 110 valence electrons. The number of fused-ring (bicyclic) bond motifs is 1. The Morgan fingerprint density at radius 3 is 2.55 bits per heavy atom. The van der Waals surface area contributed by atoms with Crippen molar-refractivity contribution in [1.29, 1.82) is 0 Å². The molecule has 0 saturated carbocycles. The number of hydrogen-bond acceptors (Lipinski definition) is 3. The van der Waals surface area contributed by atoms with Gasteiger partial charge in [-0.2, -0.15) is 0 Å². The summed E-state index contributed by atoms with van der Waals surface area (Å²) in [4.78, 5) is 15.2. The molecule has 0 aliphatic rings. The second-order valence-electron chi connectivity index (χ2n) is 4.97. The summed E-state index contributed by atoms with van der Waals surface area (Å²) in [6.45, 7) is 2.13. The Kier molecular flexibility index (Phi) is 3.74. The van der Waals surface area contributed by atoms with Crippen molar-refractivity contribution in [3.8, 4) is 11.6 Å². The summed E-state index contributed by atoms with van der Waals surface area (Å²) in [5.41, 5.74) is 6.84. The van der Waals surface area contributed by atoms with Crippen LogP contribution in [-0.4, -0.2) is 10.9 Å². The van der Waals surface area contributed by atoms with Gasteiger partial charge in [0, 0.05) is 17.6 Å². The monoisotopic (exact) mass is 292 g/mol. The van der Waals surface area contributed by atoms with Gasteiger partial charge >= 0.3 is 0 Å². The second-order valence-corrected chi connectivity index (χ2v) is 4.97. The first-order valence-electron chi connectivity index (χ1n) is 7.13. The van der Waals surface area contributed by atoms with E-state index in [1.807, 2.05) is 24.3 Å². The molecule has 2 N–H and O–H groups in total. The summed E-state index contributed by atoms with van der Waals surface area (Å²) in [6.07, 6.45) is 2.38. The van der Waals surface area contributed by atoms with Crippen LogP contribution in [0, 0.1) is 0 Å². The number of nitrogens with two attached hydrogens (primary N) is 1. The van der Waals surface area contributed by atoms with E-state index >= 15 is 0 Å². The molecule has 2 aromatic carbocycles. The number of aryl methyl sites for hydroxylation is 1. The molecule has 0 atom stereocenters. The summed E-state index contributed by atoms with van der Waals surface area (Å²) < 4.78 is 5.86. The van der Waals surface area contributed by atoms with Crippen molar-refractivity contribution in [2.24, 2.45) is 5.73 Å². The van der Waals surface area contributed by atoms with Gasteiger partial charge in [-0.3, -0.25) is 4.79 Å². The number of carbonyl (C=O) groups is 1. The maximum atomic E-state index is 11.1. The molecule has 0 aliphatic carbocycles. The fraction of sp³-hybridized carbons (Fsp3) is 0.111. The Bertz CT molecular complexity index is 826. The van der Waals surface area contributed by atoms with Crippen LogP contribution in [-0.2, 0) is 6.42 Å². The number of benzene rings is 2. The predicted molar refractivity (Wildman–Crippen MR) is 86.2 cm³/mol. The first-order chi connectivity index (χ1) is 10.7. The van der Waals surface area contributed by atoms with Crippen LogP contribution in [0.3, 0.4) is 0 Å². The lowest BCUT2D eigenvalue weighted by Gasteiger charge is -2.10. The van der Waals surface area contributed by atoms with Gasteiger partial charge in [-0.1, -0.05) is 37.3 Å². The molecule has 22 heavy (non-hydrogen) atoms. The number of pyridine rings is 1. The van der Waals surface area contributed by atoms with E-state index in [1.165, 1.54) is 17.1 Å². The Morgan fingerprint density at radius 1 is 1.09 bits per heavy atom. The molecule has 0 saturated heterocycles. The van der Waals surface area contributed by atoms with Crippen LogP contribution in [0.1, 0.15) is 22.8 Å². The third-order valence-electron chi connectivity index (χ3n) is 3.59. The topological polar surface area (TPSA) is 65.2 Å². The van der Waals surface area contributed by atoms with E-state index in [9.17, 15) is 4.79 Å². The van der Waals surface area contributed by atoms with E-state index in [4.69, 9.17) is 10.5 Å². The molecule has 1 heterocycles. The van der Waals surface area contributed by atoms with Gasteiger partial charge in [0.2, 0.25) is 11.8 Å². The van der Waals surface area contributed by atoms with E-state index in [0.717, 1.165) is 17.6 Å². The first-order valence-corrected chi connectivity index (χ1v) is 7.13. The molecule has 0 spiro atoms. The number of nitrogens with zero attached hydrogens (tertiary/aromatic N) is 1. The van der Waals surface area contributed by atoms with Gasteiger partial charge < -0.3 is 10.5 Å². The molecule has 0 bridgehead atoms. The minimum Gasteiger partial charge on any atom is -0.438 e. The standard InChI is InChI=1S/C18H16N2O2/c1-2-12-5-3-7-15-14(12)6-4-8-16(15)22-17-10-9-13(11-20-17)18(19)21/h3-11H,2H2,1H3,(H2,19,21). The van der Waals surface area contributed by atoms with Crippen LogP contribution >= 0.6 is 0 Å². The summed E-state index contributed by atoms with van der Waals surface area (Å²) in [5.74, 6) is 0.670. The van der Waals surface area contributed by atoms with Crippen molar-refractivity contribution in [3.05, 3.63) is 65.9 Å². The minimum atomic E-state index is -0.503. The molecule has 3 aromatic rings. The van der Waals surface area contributed by atoms with Crippen LogP contribution in [0.25, 0.3) is 10.8 Å². The van der Waals surface area contributed by atoms with Gasteiger partial charge in [0.15, 0.2) is 0 Å². The van der Waals surface area contributed by atoms with Crippen LogP contribution in [0.5, 0.6) is 11.6 Å². The highest BCUT2D eigenvalue weighted by molar-refractivity contribution is 5.92. The van der Waals surface area contributed by atoms with E-state index < -0.39 is 5.91 Å². The number of amides is 1. The molecule has 4 nitrogen and oxygen atoms in total. The molecule has 0 unspecified atom stereocenters. The fourth-order valence-electron chi connectivity index (χ4n) is 2.44.